The van der Waals surface area contributed by atoms with E-state index in [0.717, 1.165) is 107 Å². The van der Waals surface area contributed by atoms with Crippen LogP contribution in [0.2, 0.25) is 0 Å². The summed E-state index contributed by atoms with van der Waals surface area (Å²) in [6.07, 6.45) is 0. The maximum atomic E-state index is 6.55. The minimum atomic E-state index is -0.138. The van der Waals surface area contributed by atoms with Crippen LogP contribution in [0.5, 0.6) is 11.5 Å². The van der Waals surface area contributed by atoms with Gasteiger partial charge in [0.05, 0.1) is 5.69 Å². The lowest BCUT2D eigenvalue weighted by Gasteiger charge is -2.45. The molecule has 0 saturated heterocycles. The Morgan fingerprint density at radius 2 is 1.09 bits per heavy atom. The van der Waals surface area contributed by atoms with Crippen molar-refractivity contribution in [3.63, 3.8) is 0 Å². The van der Waals surface area contributed by atoms with Gasteiger partial charge in [0.15, 0.2) is 11.5 Å². The third-order valence-corrected chi connectivity index (χ3v) is 13.6. The summed E-state index contributed by atoms with van der Waals surface area (Å²) >= 11 is 0. The van der Waals surface area contributed by atoms with E-state index in [1.165, 1.54) is 22.1 Å². The fourth-order valence-corrected chi connectivity index (χ4v) is 10.4. The van der Waals surface area contributed by atoms with Crippen LogP contribution in [0.3, 0.4) is 0 Å². The highest BCUT2D eigenvalue weighted by atomic mass is 16.6. The third-order valence-electron chi connectivity index (χ3n) is 13.6. The molecule has 0 N–H and O–H groups in total. The second-order valence-corrected chi connectivity index (χ2v) is 18.8. The van der Waals surface area contributed by atoms with Gasteiger partial charge in [-0.05, 0) is 118 Å². The van der Waals surface area contributed by atoms with Crippen LogP contribution >= 0.6 is 0 Å². The van der Waals surface area contributed by atoms with E-state index in [9.17, 15) is 0 Å². The van der Waals surface area contributed by atoms with Gasteiger partial charge in [-0.1, -0.05) is 118 Å². The van der Waals surface area contributed by atoms with Gasteiger partial charge in [0, 0.05) is 62.0 Å². The molecule has 0 saturated carbocycles. The highest BCUT2D eigenvalue weighted by molar-refractivity contribution is 7.00. The monoisotopic (exact) mass is 856 g/mol. The summed E-state index contributed by atoms with van der Waals surface area (Å²) in [6, 6.07) is 63.3. The van der Waals surface area contributed by atoms with E-state index in [4.69, 9.17) is 18.3 Å². The van der Waals surface area contributed by atoms with Crippen LogP contribution in [-0.2, 0) is 5.41 Å². The zero-order valence-electron chi connectivity index (χ0n) is 37.3. The molecule has 0 radical (unpaired) electrons. The van der Waals surface area contributed by atoms with Crippen molar-refractivity contribution in [1.29, 1.82) is 0 Å². The Bertz CT molecular complexity index is 3520. The van der Waals surface area contributed by atoms with E-state index >= 15 is 0 Å². The summed E-state index contributed by atoms with van der Waals surface area (Å²) in [7, 11) is 0. The number of rotatable bonds is 5. The Morgan fingerprint density at radius 1 is 0.470 bits per heavy atom. The predicted molar refractivity (Wildman–Crippen MR) is 271 cm³/mol. The number of benzene rings is 8. The molecule has 0 spiro atoms. The molecule has 5 heterocycles. The molecule has 6 nitrogen and oxygen atoms in total. The summed E-state index contributed by atoms with van der Waals surface area (Å²) in [6.45, 7) is 9.93. The molecule has 3 aliphatic rings. The number of fused-ring (bicyclic) bond motifs is 7. The number of nitrogens with zero attached hydrogens (tertiary/aromatic N) is 2. The highest BCUT2D eigenvalue weighted by Gasteiger charge is 2.45. The van der Waals surface area contributed by atoms with E-state index in [2.05, 4.69) is 189 Å². The number of ether oxygens (including phenoxy) is 2. The second kappa shape index (κ2) is 14.6. The standard InChI is InChI=1S/C59H45BN2O4/c1-36-27-50-58-51(28-36)62(47-24-22-42(59(2,3)4)33-44(47)37-13-6-5-7-14-37)49-35-57-56(63-25-26-64-57)34-46(49)60(58)45-23-21-41(55-32-40-16-9-11-20-53(40)66-55)30-48(45)61(50)43-18-12-17-38(29-43)54-31-39-15-8-10-19-52(39)65-54/h5-24,27-35H,25-26H2,1-4H3. The molecule has 0 amide bonds. The first-order chi connectivity index (χ1) is 32.2. The van der Waals surface area contributed by atoms with Crippen molar-refractivity contribution in [1.82, 2.24) is 0 Å². The van der Waals surface area contributed by atoms with E-state index in [-0.39, 0.29) is 12.1 Å². The Labute approximate surface area is 384 Å². The largest absolute Gasteiger partial charge is 0.486 e. The van der Waals surface area contributed by atoms with E-state index in [1.807, 2.05) is 24.3 Å². The lowest BCUT2D eigenvalue weighted by molar-refractivity contribution is 0.172. The van der Waals surface area contributed by atoms with Crippen molar-refractivity contribution in [2.45, 2.75) is 33.1 Å². The Hall–Kier alpha value is -7.90. The van der Waals surface area contributed by atoms with Crippen molar-refractivity contribution in [2.24, 2.45) is 0 Å². The molecule has 3 aliphatic heterocycles. The van der Waals surface area contributed by atoms with Crippen LogP contribution in [-0.4, -0.2) is 19.9 Å². The molecule has 13 rings (SSSR count). The highest BCUT2D eigenvalue weighted by Crippen LogP contribution is 2.50. The number of furan rings is 2. The van der Waals surface area contributed by atoms with Gasteiger partial charge in [-0.2, -0.15) is 0 Å². The van der Waals surface area contributed by atoms with Gasteiger partial charge in [0.2, 0.25) is 0 Å². The summed E-state index contributed by atoms with van der Waals surface area (Å²) in [5.41, 5.74) is 18.5. The van der Waals surface area contributed by atoms with Gasteiger partial charge < -0.3 is 28.1 Å². The average molecular weight is 857 g/mol. The van der Waals surface area contributed by atoms with Gasteiger partial charge in [-0.3, -0.25) is 0 Å². The minimum Gasteiger partial charge on any atom is -0.486 e. The average Bonchev–Trinajstić information content (AvgIpc) is 3.99. The van der Waals surface area contributed by atoms with Gasteiger partial charge in [0.25, 0.3) is 6.71 Å². The smallest absolute Gasteiger partial charge is 0.252 e. The fraction of sp³-hybridized carbons (Fsp3) is 0.119. The van der Waals surface area contributed by atoms with E-state index < -0.39 is 0 Å². The molecule has 0 bridgehead atoms. The Morgan fingerprint density at radius 3 is 1.79 bits per heavy atom. The number of aryl methyl sites for hydroxylation is 1. The molecular formula is C59H45BN2O4. The second-order valence-electron chi connectivity index (χ2n) is 18.8. The Balaban J connectivity index is 1.10. The molecule has 0 unspecified atom stereocenters. The molecule has 0 fully saturated rings. The minimum absolute atomic E-state index is 0.0535. The van der Waals surface area contributed by atoms with Crippen molar-refractivity contribution in [3.8, 4) is 45.3 Å². The summed E-state index contributed by atoms with van der Waals surface area (Å²) in [5.74, 6) is 3.18. The van der Waals surface area contributed by atoms with E-state index in [0.29, 0.717) is 13.2 Å². The van der Waals surface area contributed by atoms with Crippen LogP contribution < -0.4 is 35.7 Å². The van der Waals surface area contributed by atoms with Crippen molar-refractivity contribution >= 4 is 79.2 Å². The number of hydrogen-bond acceptors (Lipinski definition) is 6. The van der Waals surface area contributed by atoms with E-state index in [1.54, 1.807) is 0 Å². The predicted octanol–water partition coefficient (Wildman–Crippen LogP) is 13.6. The lowest BCUT2D eigenvalue weighted by Crippen LogP contribution is -2.61. The van der Waals surface area contributed by atoms with Gasteiger partial charge >= 0.3 is 0 Å². The molecule has 2 aromatic heterocycles. The van der Waals surface area contributed by atoms with Crippen LogP contribution in [0.1, 0.15) is 31.9 Å². The molecular weight excluding hydrogens is 811 g/mol. The topological polar surface area (TPSA) is 51.2 Å². The van der Waals surface area contributed by atoms with Crippen LogP contribution in [0.25, 0.3) is 55.7 Å². The first-order valence-corrected chi connectivity index (χ1v) is 22.8. The SMILES string of the molecule is Cc1cc2c3c(c1)N(c1ccc(C(C)(C)C)cc1-c1ccccc1)c1cc4c(cc1B3c1ccc(-c3cc5ccccc5o3)cc1N2c1cccc(-c2cc3ccccc3o2)c1)OCCO4. The van der Waals surface area contributed by atoms with Gasteiger partial charge in [-0.25, -0.2) is 0 Å². The molecule has 0 atom stereocenters. The summed E-state index contributed by atoms with van der Waals surface area (Å²) < 4.78 is 25.8. The maximum Gasteiger partial charge on any atom is 0.252 e. The molecule has 10 aromatic rings. The molecule has 66 heavy (non-hydrogen) atoms. The number of para-hydroxylation sites is 2. The van der Waals surface area contributed by atoms with Crippen molar-refractivity contribution < 1.29 is 18.3 Å². The van der Waals surface area contributed by atoms with Crippen LogP contribution in [0.4, 0.5) is 34.1 Å². The lowest BCUT2D eigenvalue weighted by atomic mass is 9.33. The normalized spacial score (nSPS) is 13.8. The van der Waals surface area contributed by atoms with Crippen molar-refractivity contribution in [3.05, 3.63) is 187 Å². The van der Waals surface area contributed by atoms with Crippen molar-refractivity contribution in [2.75, 3.05) is 23.0 Å². The Kier molecular flexibility index (Phi) is 8.51. The van der Waals surface area contributed by atoms with Gasteiger partial charge in [-0.15, -0.1) is 0 Å². The summed E-state index contributed by atoms with van der Waals surface area (Å²) in [5, 5.41) is 2.15. The third kappa shape index (κ3) is 6.10. The zero-order chi connectivity index (χ0) is 44.3. The van der Waals surface area contributed by atoms with Crippen LogP contribution in [0.15, 0.2) is 185 Å². The molecule has 7 heteroatoms. The fourth-order valence-electron chi connectivity index (χ4n) is 10.4. The summed E-state index contributed by atoms with van der Waals surface area (Å²) in [4.78, 5) is 4.94. The first-order valence-electron chi connectivity index (χ1n) is 22.8. The number of hydrogen-bond donors (Lipinski definition) is 0. The van der Waals surface area contributed by atoms with Gasteiger partial charge in [0.1, 0.15) is 35.9 Å². The molecule has 0 aliphatic carbocycles. The van der Waals surface area contributed by atoms with Crippen LogP contribution in [0, 0.1) is 6.92 Å². The first kappa shape index (κ1) is 38.6. The molecule has 8 aromatic carbocycles. The zero-order valence-corrected chi connectivity index (χ0v) is 37.3. The number of anilines is 6. The molecule has 318 valence electrons. The quantitative estimate of drug-likeness (QED) is 0.161. The maximum absolute atomic E-state index is 6.55.